The topological polar surface area (TPSA) is 37.8 Å². The fourth-order valence-corrected chi connectivity index (χ4v) is 3.63. The van der Waals surface area contributed by atoms with E-state index in [1.807, 2.05) is 12.4 Å². The Morgan fingerprint density at radius 3 is 2.55 bits per heavy atom. The van der Waals surface area contributed by atoms with Crippen molar-refractivity contribution in [3.8, 4) is 0 Å². The molecule has 2 fully saturated rings. The molecule has 0 amide bonds. The summed E-state index contributed by atoms with van der Waals surface area (Å²) in [7, 11) is 0. The molecule has 1 N–H and O–H groups in total. The van der Waals surface area contributed by atoms with Gasteiger partial charge in [0.25, 0.3) is 0 Å². The Bertz CT molecular complexity index is 414. The monoisotopic (exact) mass is 273 g/mol. The van der Waals surface area contributed by atoms with E-state index in [0.717, 1.165) is 23.8 Å². The summed E-state index contributed by atoms with van der Waals surface area (Å²) in [5, 5.41) is 3.73. The minimum Gasteiger partial charge on any atom is -0.314 e. The third kappa shape index (κ3) is 3.38. The number of aromatic nitrogens is 2. The van der Waals surface area contributed by atoms with Crippen LogP contribution in [0.4, 0.5) is 0 Å². The molecule has 3 unspecified atom stereocenters. The summed E-state index contributed by atoms with van der Waals surface area (Å²) in [6.45, 7) is 5.91. The van der Waals surface area contributed by atoms with Crippen molar-refractivity contribution < 1.29 is 0 Å². The Hall–Kier alpha value is -0.960. The summed E-state index contributed by atoms with van der Waals surface area (Å²) in [5.41, 5.74) is 1.35. The van der Waals surface area contributed by atoms with Gasteiger partial charge in [-0.1, -0.05) is 13.8 Å². The molecule has 1 aromatic heterocycles. The van der Waals surface area contributed by atoms with E-state index in [-0.39, 0.29) is 0 Å². The molecule has 0 aromatic carbocycles. The fourth-order valence-electron chi connectivity index (χ4n) is 3.63. The minimum atomic E-state index is 0.642. The van der Waals surface area contributed by atoms with Gasteiger partial charge in [0.15, 0.2) is 0 Å². The Morgan fingerprint density at radius 2 is 1.90 bits per heavy atom. The zero-order chi connectivity index (χ0) is 13.9. The van der Waals surface area contributed by atoms with Crippen LogP contribution in [-0.4, -0.2) is 22.6 Å². The first-order valence-corrected chi connectivity index (χ1v) is 8.22. The van der Waals surface area contributed by atoms with Crippen LogP contribution in [0.5, 0.6) is 0 Å². The summed E-state index contributed by atoms with van der Waals surface area (Å²) in [6, 6.07) is 0.811. The third-order valence-corrected chi connectivity index (χ3v) is 5.23. The van der Waals surface area contributed by atoms with Crippen molar-refractivity contribution in [1.82, 2.24) is 15.3 Å². The Balaban J connectivity index is 1.70. The number of nitrogens with zero attached hydrogens (tertiary/aromatic N) is 2. The van der Waals surface area contributed by atoms with Crippen molar-refractivity contribution >= 4 is 0 Å². The lowest BCUT2D eigenvalue weighted by Crippen LogP contribution is -2.34. The second kappa shape index (κ2) is 6.21. The molecule has 3 nitrogen and oxygen atoms in total. The van der Waals surface area contributed by atoms with Crippen LogP contribution in [0.3, 0.4) is 0 Å². The standard InChI is InChI=1S/C17H27N3/c1-12(2)13-3-4-14(10-20-16-5-6-16)17(7-13)15-8-18-11-19-9-15/h8-9,11-14,16-17,20H,3-7,10H2,1-2H3. The first-order chi connectivity index (χ1) is 9.74. The van der Waals surface area contributed by atoms with Gasteiger partial charge in [-0.25, -0.2) is 9.97 Å². The molecule has 20 heavy (non-hydrogen) atoms. The van der Waals surface area contributed by atoms with E-state index in [9.17, 15) is 0 Å². The van der Waals surface area contributed by atoms with Crippen molar-refractivity contribution in [1.29, 1.82) is 0 Å². The summed E-state index contributed by atoms with van der Waals surface area (Å²) >= 11 is 0. The molecule has 0 aliphatic heterocycles. The van der Waals surface area contributed by atoms with Gasteiger partial charge in [-0.3, -0.25) is 0 Å². The second-order valence-corrected chi connectivity index (χ2v) is 7.04. The number of rotatable bonds is 5. The molecule has 1 aromatic rings. The van der Waals surface area contributed by atoms with Crippen molar-refractivity contribution in [2.75, 3.05) is 6.54 Å². The number of nitrogens with one attached hydrogen (secondary N) is 1. The summed E-state index contributed by atoms with van der Waals surface area (Å²) < 4.78 is 0. The van der Waals surface area contributed by atoms with Gasteiger partial charge >= 0.3 is 0 Å². The predicted molar refractivity (Wildman–Crippen MR) is 81.5 cm³/mol. The molecule has 0 bridgehead atoms. The van der Waals surface area contributed by atoms with Gasteiger partial charge < -0.3 is 5.32 Å². The third-order valence-electron chi connectivity index (χ3n) is 5.23. The van der Waals surface area contributed by atoms with Crippen molar-refractivity contribution in [2.45, 2.75) is 57.9 Å². The molecule has 2 aliphatic carbocycles. The van der Waals surface area contributed by atoms with E-state index in [0.29, 0.717) is 5.92 Å². The quantitative estimate of drug-likeness (QED) is 0.893. The summed E-state index contributed by atoms with van der Waals surface area (Å²) in [5.74, 6) is 3.05. The van der Waals surface area contributed by atoms with Crippen LogP contribution in [0.15, 0.2) is 18.7 Å². The van der Waals surface area contributed by atoms with E-state index in [1.54, 1.807) is 6.33 Å². The maximum absolute atomic E-state index is 4.24. The van der Waals surface area contributed by atoms with Crippen LogP contribution < -0.4 is 5.32 Å². The van der Waals surface area contributed by atoms with Gasteiger partial charge in [0.2, 0.25) is 0 Å². The van der Waals surface area contributed by atoms with Gasteiger partial charge in [0.05, 0.1) is 0 Å². The summed E-state index contributed by atoms with van der Waals surface area (Å²) in [4.78, 5) is 8.48. The smallest absolute Gasteiger partial charge is 0.115 e. The molecule has 0 radical (unpaired) electrons. The van der Waals surface area contributed by atoms with Crippen LogP contribution in [0.1, 0.15) is 57.4 Å². The van der Waals surface area contributed by atoms with E-state index >= 15 is 0 Å². The molecule has 2 saturated carbocycles. The van der Waals surface area contributed by atoms with Crippen LogP contribution in [0.25, 0.3) is 0 Å². The molecular weight excluding hydrogens is 246 g/mol. The van der Waals surface area contributed by atoms with Gasteiger partial charge in [-0.15, -0.1) is 0 Å². The molecule has 3 heteroatoms. The van der Waals surface area contributed by atoms with Crippen molar-refractivity contribution in [3.63, 3.8) is 0 Å². The number of hydrogen-bond donors (Lipinski definition) is 1. The molecule has 2 aliphatic rings. The Kier molecular flexibility index (Phi) is 4.35. The lowest BCUT2D eigenvalue weighted by molar-refractivity contribution is 0.189. The Labute approximate surface area is 122 Å². The van der Waals surface area contributed by atoms with Gasteiger partial charge in [-0.2, -0.15) is 0 Å². The fraction of sp³-hybridized carbons (Fsp3) is 0.765. The predicted octanol–water partition coefficient (Wildman–Crippen LogP) is 3.38. The van der Waals surface area contributed by atoms with Crippen molar-refractivity contribution in [3.05, 3.63) is 24.3 Å². The average Bonchev–Trinajstić information content (AvgIpc) is 3.30. The lowest BCUT2D eigenvalue weighted by Gasteiger charge is -2.38. The van der Waals surface area contributed by atoms with Crippen LogP contribution in [-0.2, 0) is 0 Å². The maximum Gasteiger partial charge on any atom is 0.115 e. The van der Waals surface area contributed by atoms with Crippen LogP contribution in [0, 0.1) is 17.8 Å². The van der Waals surface area contributed by atoms with Crippen LogP contribution >= 0.6 is 0 Å². The zero-order valence-electron chi connectivity index (χ0n) is 12.8. The Morgan fingerprint density at radius 1 is 1.15 bits per heavy atom. The molecular formula is C17H27N3. The molecule has 1 heterocycles. The van der Waals surface area contributed by atoms with E-state index < -0.39 is 0 Å². The molecule has 3 atom stereocenters. The highest BCUT2D eigenvalue weighted by Gasteiger charge is 2.34. The van der Waals surface area contributed by atoms with E-state index in [4.69, 9.17) is 0 Å². The molecule has 3 rings (SSSR count). The van der Waals surface area contributed by atoms with Gasteiger partial charge in [0, 0.05) is 18.4 Å². The first-order valence-electron chi connectivity index (χ1n) is 8.22. The largest absolute Gasteiger partial charge is 0.314 e. The molecule has 0 spiro atoms. The summed E-state index contributed by atoms with van der Waals surface area (Å²) in [6.07, 6.45) is 12.5. The zero-order valence-corrected chi connectivity index (χ0v) is 12.8. The highest BCUT2D eigenvalue weighted by atomic mass is 14.9. The second-order valence-electron chi connectivity index (χ2n) is 7.04. The number of hydrogen-bond acceptors (Lipinski definition) is 3. The van der Waals surface area contributed by atoms with E-state index in [2.05, 4.69) is 29.1 Å². The van der Waals surface area contributed by atoms with Gasteiger partial charge in [0.1, 0.15) is 6.33 Å². The lowest BCUT2D eigenvalue weighted by atomic mass is 9.68. The molecule has 110 valence electrons. The first kappa shape index (κ1) is 14.0. The highest BCUT2D eigenvalue weighted by Crippen LogP contribution is 2.42. The maximum atomic E-state index is 4.24. The van der Waals surface area contributed by atoms with Gasteiger partial charge in [-0.05, 0) is 67.9 Å². The average molecular weight is 273 g/mol. The van der Waals surface area contributed by atoms with Crippen LogP contribution in [0.2, 0.25) is 0 Å². The SMILES string of the molecule is CC(C)C1CCC(CNC2CC2)C(c2cncnc2)C1. The van der Waals surface area contributed by atoms with E-state index in [1.165, 1.54) is 44.2 Å². The normalized spacial score (nSPS) is 30.6. The minimum absolute atomic E-state index is 0.642. The highest BCUT2D eigenvalue weighted by molar-refractivity contribution is 5.13. The van der Waals surface area contributed by atoms with Crippen molar-refractivity contribution in [2.24, 2.45) is 17.8 Å². The molecule has 0 saturated heterocycles.